The van der Waals surface area contributed by atoms with E-state index in [2.05, 4.69) is 34.5 Å². The largest absolute Gasteiger partial charge is 0.325 e. The van der Waals surface area contributed by atoms with Gasteiger partial charge in [-0.15, -0.1) is 0 Å². The van der Waals surface area contributed by atoms with E-state index in [1.165, 1.54) is 11.1 Å². The molecule has 2 aromatic rings. The van der Waals surface area contributed by atoms with Gasteiger partial charge in [0, 0.05) is 16.8 Å². The number of carbonyl (C=O) groups excluding carboxylic acids is 1. The molecule has 1 N–H and O–H groups in total. The molecule has 3 rings (SSSR count). The number of carbonyl (C=O) groups is 1. The topological polar surface area (TPSA) is 32.3 Å². The van der Waals surface area contributed by atoms with Crippen molar-refractivity contribution in [2.45, 2.75) is 25.8 Å². The van der Waals surface area contributed by atoms with E-state index in [1.807, 2.05) is 26.1 Å². The first-order valence-electron chi connectivity index (χ1n) is 7.88. The number of nitrogens with one attached hydrogen (secondary N) is 1. The van der Waals surface area contributed by atoms with Crippen molar-refractivity contribution < 1.29 is 4.79 Å². The highest BCUT2D eigenvalue weighted by atomic mass is 35.5. The normalized spacial score (nSPS) is 16.4. The molecule has 1 aliphatic carbocycles. The first-order chi connectivity index (χ1) is 11.0. The second kappa shape index (κ2) is 6.73. The van der Waals surface area contributed by atoms with Crippen molar-refractivity contribution in [2.75, 3.05) is 18.9 Å². The summed E-state index contributed by atoms with van der Waals surface area (Å²) in [5.41, 5.74) is 4.54. The molecule has 0 saturated heterocycles. The molecule has 0 aromatic heterocycles. The van der Waals surface area contributed by atoms with Crippen LogP contribution < -0.4 is 5.32 Å². The number of nitrogens with zero attached hydrogens (tertiary/aromatic N) is 1. The van der Waals surface area contributed by atoms with Crippen molar-refractivity contribution >= 4 is 23.2 Å². The molecule has 1 aliphatic rings. The predicted molar refractivity (Wildman–Crippen MR) is 95.0 cm³/mol. The molecule has 0 spiro atoms. The maximum absolute atomic E-state index is 12.4. The number of rotatable bonds is 4. The molecule has 1 amide bonds. The molecule has 0 heterocycles. The quantitative estimate of drug-likeness (QED) is 0.912. The Balaban J connectivity index is 1.65. The lowest BCUT2D eigenvalue weighted by molar-refractivity contribution is -0.117. The Morgan fingerprint density at radius 3 is 2.91 bits per heavy atom. The average molecular weight is 329 g/mol. The van der Waals surface area contributed by atoms with E-state index >= 15 is 0 Å². The standard InChI is InChI=1S/C19H21ClN2O/c1-13-7-9-15(20)11-17(13)21-19(23)12-22(2)18-10-8-14-5-3-4-6-16(14)18/h3-7,9,11,18H,8,10,12H2,1-2H3,(H,21,23)/t18-/m1/s1. The van der Waals surface area contributed by atoms with Crippen molar-refractivity contribution in [3.05, 3.63) is 64.2 Å². The van der Waals surface area contributed by atoms with Gasteiger partial charge >= 0.3 is 0 Å². The van der Waals surface area contributed by atoms with Crippen LogP contribution in [0.4, 0.5) is 5.69 Å². The Hall–Kier alpha value is -1.84. The van der Waals surface area contributed by atoms with Crippen LogP contribution in [0.25, 0.3) is 0 Å². The van der Waals surface area contributed by atoms with Gasteiger partial charge in [0.15, 0.2) is 0 Å². The van der Waals surface area contributed by atoms with Crippen molar-refractivity contribution in [2.24, 2.45) is 0 Å². The molecule has 0 bridgehead atoms. The number of aryl methyl sites for hydroxylation is 2. The second-order valence-corrected chi connectivity index (χ2v) is 6.61. The van der Waals surface area contributed by atoms with Gasteiger partial charge in [-0.2, -0.15) is 0 Å². The molecule has 0 radical (unpaired) electrons. The predicted octanol–water partition coefficient (Wildman–Crippen LogP) is 4.21. The van der Waals surface area contributed by atoms with Crippen LogP contribution in [0.1, 0.15) is 29.2 Å². The summed E-state index contributed by atoms with van der Waals surface area (Å²) in [6.45, 7) is 2.33. The minimum Gasteiger partial charge on any atom is -0.325 e. The van der Waals surface area contributed by atoms with Crippen molar-refractivity contribution in [1.29, 1.82) is 0 Å². The number of anilines is 1. The third-order valence-electron chi connectivity index (χ3n) is 4.50. The molecule has 23 heavy (non-hydrogen) atoms. The Morgan fingerprint density at radius 2 is 2.09 bits per heavy atom. The zero-order valence-corrected chi connectivity index (χ0v) is 14.2. The smallest absolute Gasteiger partial charge is 0.238 e. The number of halogens is 1. The minimum atomic E-state index is -0.0118. The number of fused-ring (bicyclic) bond motifs is 1. The number of hydrogen-bond donors (Lipinski definition) is 1. The zero-order valence-electron chi connectivity index (χ0n) is 13.5. The summed E-state index contributed by atoms with van der Waals surface area (Å²) in [7, 11) is 2.01. The molecule has 2 aromatic carbocycles. The summed E-state index contributed by atoms with van der Waals surface area (Å²) >= 11 is 6.00. The van der Waals surface area contributed by atoms with E-state index in [9.17, 15) is 4.79 Å². The fraction of sp³-hybridized carbons (Fsp3) is 0.316. The van der Waals surface area contributed by atoms with Crippen LogP contribution in [0.5, 0.6) is 0 Å². The molecule has 0 fully saturated rings. The van der Waals surface area contributed by atoms with Gasteiger partial charge in [0.05, 0.1) is 6.54 Å². The molecule has 0 saturated carbocycles. The molecule has 0 aliphatic heterocycles. The highest BCUT2D eigenvalue weighted by molar-refractivity contribution is 6.31. The Kier molecular flexibility index (Phi) is 4.69. The molecule has 1 atom stereocenters. The summed E-state index contributed by atoms with van der Waals surface area (Å²) in [5.74, 6) is -0.0118. The van der Waals surface area contributed by atoms with Gasteiger partial charge in [0.25, 0.3) is 0 Å². The number of likely N-dealkylation sites (N-methyl/N-ethyl adjacent to an activating group) is 1. The van der Waals surface area contributed by atoms with Crippen LogP contribution in [0, 0.1) is 6.92 Å². The Bertz CT molecular complexity index is 729. The summed E-state index contributed by atoms with van der Waals surface area (Å²) in [6.07, 6.45) is 2.15. The molecule has 3 nitrogen and oxygen atoms in total. The SMILES string of the molecule is Cc1ccc(Cl)cc1NC(=O)CN(C)[C@@H]1CCc2ccccc21. The lowest BCUT2D eigenvalue weighted by Crippen LogP contribution is -2.32. The minimum absolute atomic E-state index is 0.0118. The molecular weight excluding hydrogens is 308 g/mol. The summed E-state index contributed by atoms with van der Waals surface area (Å²) in [6, 6.07) is 14.3. The first-order valence-corrected chi connectivity index (χ1v) is 8.26. The van der Waals surface area contributed by atoms with Gasteiger partial charge in [-0.05, 0) is 55.6 Å². The van der Waals surface area contributed by atoms with Gasteiger partial charge in [-0.3, -0.25) is 9.69 Å². The maximum Gasteiger partial charge on any atom is 0.238 e. The van der Waals surface area contributed by atoms with Gasteiger partial charge in [-0.25, -0.2) is 0 Å². The molecular formula is C19H21ClN2O. The van der Waals surface area contributed by atoms with Crippen LogP contribution >= 0.6 is 11.6 Å². The number of hydrogen-bond acceptors (Lipinski definition) is 2. The van der Waals surface area contributed by atoms with Crippen LogP contribution in [0.15, 0.2) is 42.5 Å². The van der Waals surface area contributed by atoms with Gasteiger partial charge < -0.3 is 5.32 Å². The fourth-order valence-electron chi connectivity index (χ4n) is 3.25. The molecule has 4 heteroatoms. The Labute approximate surface area is 142 Å². The summed E-state index contributed by atoms with van der Waals surface area (Å²) in [4.78, 5) is 14.5. The monoisotopic (exact) mass is 328 g/mol. The molecule has 0 unspecified atom stereocenters. The van der Waals surface area contributed by atoms with E-state index in [-0.39, 0.29) is 5.91 Å². The zero-order chi connectivity index (χ0) is 16.4. The Morgan fingerprint density at radius 1 is 1.30 bits per heavy atom. The van der Waals surface area contributed by atoms with Crippen molar-refractivity contribution in [3.63, 3.8) is 0 Å². The van der Waals surface area contributed by atoms with E-state index in [1.54, 1.807) is 6.07 Å². The third-order valence-corrected chi connectivity index (χ3v) is 4.74. The van der Waals surface area contributed by atoms with Gasteiger partial charge in [0.1, 0.15) is 0 Å². The fourth-order valence-corrected chi connectivity index (χ4v) is 3.42. The van der Waals surface area contributed by atoms with Gasteiger partial charge in [0.2, 0.25) is 5.91 Å². The summed E-state index contributed by atoms with van der Waals surface area (Å²) < 4.78 is 0. The highest BCUT2D eigenvalue weighted by Crippen LogP contribution is 2.34. The van der Waals surface area contributed by atoms with E-state index in [4.69, 9.17) is 11.6 Å². The van der Waals surface area contributed by atoms with E-state index in [0.717, 1.165) is 24.1 Å². The van der Waals surface area contributed by atoms with E-state index in [0.29, 0.717) is 17.6 Å². The third kappa shape index (κ3) is 3.57. The highest BCUT2D eigenvalue weighted by Gasteiger charge is 2.26. The van der Waals surface area contributed by atoms with Crippen LogP contribution in [-0.4, -0.2) is 24.4 Å². The molecule has 120 valence electrons. The van der Waals surface area contributed by atoms with Crippen molar-refractivity contribution in [3.8, 4) is 0 Å². The summed E-state index contributed by atoms with van der Waals surface area (Å²) in [5, 5.41) is 3.59. The lowest BCUT2D eigenvalue weighted by atomic mass is 10.1. The maximum atomic E-state index is 12.4. The lowest BCUT2D eigenvalue weighted by Gasteiger charge is -2.24. The average Bonchev–Trinajstić information content (AvgIpc) is 2.95. The number of benzene rings is 2. The van der Waals surface area contributed by atoms with Gasteiger partial charge in [-0.1, -0.05) is 41.9 Å². The van der Waals surface area contributed by atoms with Crippen molar-refractivity contribution in [1.82, 2.24) is 4.90 Å². The van der Waals surface area contributed by atoms with Crippen LogP contribution in [-0.2, 0) is 11.2 Å². The van der Waals surface area contributed by atoms with Crippen LogP contribution in [0.3, 0.4) is 0 Å². The number of amides is 1. The van der Waals surface area contributed by atoms with E-state index < -0.39 is 0 Å². The first kappa shape index (κ1) is 16.0. The van der Waals surface area contributed by atoms with Crippen LogP contribution in [0.2, 0.25) is 5.02 Å². The second-order valence-electron chi connectivity index (χ2n) is 6.18.